The molecule has 0 aliphatic carbocycles. The summed E-state index contributed by atoms with van der Waals surface area (Å²) in [6, 6.07) is 6.26. The normalized spacial score (nSPS) is 20.4. The zero-order valence-electron chi connectivity index (χ0n) is 11.6. The molecule has 1 aliphatic heterocycles. The first-order chi connectivity index (χ1) is 9.08. The fourth-order valence-electron chi connectivity index (χ4n) is 2.49. The van der Waals surface area contributed by atoms with Crippen LogP contribution in [0.2, 0.25) is 0 Å². The molecule has 19 heavy (non-hydrogen) atoms. The van der Waals surface area contributed by atoms with Gasteiger partial charge in [-0.25, -0.2) is 0 Å². The Morgan fingerprint density at radius 3 is 3.00 bits per heavy atom. The highest BCUT2D eigenvalue weighted by Gasteiger charge is 2.25. The van der Waals surface area contributed by atoms with E-state index in [-0.39, 0.29) is 12.5 Å². The van der Waals surface area contributed by atoms with Gasteiger partial charge in [-0.1, -0.05) is 18.2 Å². The van der Waals surface area contributed by atoms with Crippen molar-refractivity contribution in [1.82, 2.24) is 4.90 Å². The summed E-state index contributed by atoms with van der Waals surface area (Å²) in [6.07, 6.45) is 0.144. The summed E-state index contributed by atoms with van der Waals surface area (Å²) in [6.45, 7) is 7.02. The van der Waals surface area contributed by atoms with Gasteiger partial charge in [-0.05, 0) is 30.5 Å². The van der Waals surface area contributed by atoms with Crippen molar-refractivity contribution in [3.8, 4) is 0 Å². The van der Waals surface area contributed by atoms with Gasteiger partial charge >= 0.3 is 5.97 Å². The van der Waals surface area contributed by atoms with Gasteiger partial charge in [0.15, 0.2) is 0 Å². The maximum Gasteiger partial charge on any atom is 0.305 e. The van der Waals surface area contributed by atoms with Crippen molar-refractivity contribution in [3.63, 3.8) is 0 Å². The summed E-state index contributed by atoms with van der Waals surface area (Å²) < 4.78 is 5.40. The van der Waals surface area contributed by atoms with Gasteiger partial charge in [0.05, 0.1) is 19.6 Å². The maximum atomic E-state index is 10.9. The number of nitrogens with zero attached hydrogens (tertiary/aromatic N) is 1. The summed E-state index contributed by atoms with van der Waals surface area (Å²) in [7, 11) is 0. The smallest absolute Gasteiger partial charge is 0.305 e. The maximum absolute atomic E-state index is 10.9. The minimum Gasteiger partial charge on any atom is -0.481 e. The molecule has 1 heterocycles. The molecule has 1 N–H and O–H groups in total. The zero-order chi connectivity index (χ0) is 13.8. The van der Waals surface area contributed by atoms with E-state index in [0.29, 0.717) is 13.2 Å². The molecule has 1 aromatic carbocycles. The van der Waals surface area contributed by atoms with E-state index in [0.717, 1.165) is 13.1 Å². The summed E-state index contributed by atoms with van der Waals surface area (Å²) in [4.78, 5) is 13.1. The molecule has 1 fully saturated rings. The van der Waals surface area contributed by atoms with E-state index < -0.39 is 5.97 Å². The Bertz CT molecular complexity index is 459. The van der Waals surface area contributed by atoms with Crippen LogP contribution < -0.4 is 0 Å². The van der Waals surface area contributed by atoms with Gasteiger partial charge in [0.2, 0.25) is 0 Å². The highest BCUT2D eigenvalue weighted by Crippen LogP contribution is 2.19. The van der Waals surface area contributed by atoms with Crippen molar-refractivity contribution in [1.29, 1.82) is 0 Å². The molecule has 0 radical (unpaired) electrons. The molecular formula is C15H21NO3. The lowest BCUT2D eigenvalue weighted by Gasteiger charge is -2.35. The highest BCUT2D eigenvalue weighted by atomic mass is 16.5. The van der Waals surface area contributed by atoms with Crippen LogP contribution in [0.25, 0.3) is 0 Å². The number of rotatable bonds is 4. The first-order valence-electron chi connectivity index (χ1n) is 6.66. The van der Waals surface area contributed by atoms with Gasteiger partial charge in [0.1, 0.15) is 0 Å². The van der Waals surface area contributed by atoms with Crippen molar-refractivity contribution >= 4 is 5.97 Å². The second kappa shape index (κ2) is 6.17. The minimum absolute atomic E-state index is 0.0221. The quantitative estimate of drug-likeness (QED) is 0.902. The number of hydrogen-bond donors (Lipinski definition) is 1. The Morgan fingerprint density at radius 1 is 1.47 bits per heavy atom. The molecule has 0 amide bonds. The number of ether oxygens (including phenoxy) is 1. The highest BCUT2D eigenvalue weighted by molar-refractivity contribution is 5.67. The number of carboxylic acid groups (broad SMARTS) is 1. The van der Waals surface area contributed by atoms with Gasteiger partial charge in [-0.2, -0.15) is 0 Å². The molecule has 1 saturated heterocycles. The fourth-order valence-corrected chi connectivity index (χ4v) is 2.49. The van der Waals surface area contributed by atoms with Crippen LogP contribution >= 0.6 is 0 Å². The fraction of sp³-hybridized carbons (Fsp3) is 0.533. The molecule has 4 nitrogen and oxygen atoms in total. The third-order valence-corrected chi connectivity index (χ3v) is 3.85. The van der Waals surface area contributed by atoms with Gasteiger partial charge in [0, 0.05) is 19.1 Å². The largest absolute Gasteiger partial charge is 0.481 e. The van der Waals surface area contributed by atoms with Crippen LogP contribution in [0, 0.1) is 13.8 Å². The average molecular weight is 263 g/mol. The summed E-state index contributed by atoms with van der Waals surface area (Å²) in [5.41, 5.74) is 3.85. The third-order valence-electron chi connectivity index (χ3n) is 3.85. The van der Waals surface area contributed by atoms with Gasteiger partial charge < -0.3 is 9.84 Å². The second-order valence-electron chi connectivity index (χ2n) is 5.16. The van der Waals surface area contributed by atoms with Crippen molar-refractivity contribution in [2.75, 3.05) is 19.8 Å². The van der Waals surface area contributed by atoms with Gasteiger partial charge in [-0.15, -0.1) is 0 Å². The molecule has 1 atom stereocenters. The number of morpholine rings is 1. The zero-order valence-corrected chi connectivity index (χ0v) is 11.6. The first-order valence-corrected chi connectivity index (χ1v) is 6.66. The molecule has 4 heteroatoms. The molecule has 0 aromatic heterocycles. The van der Waals surface area contributed by atoms with Crippen LogP contribution in [0.5, 0.6) is 0 Å². The summed E-state index contributed by atoms with van der Waals surface area (Å²) in [5, 5.41) is 8.97. The molecule has 1 aliphatic rings. The SMILES string of the molecule is Cc1cccc(CN2CCOCC2CC(=O)O)c1C. The number of hydrogen-bond acceptors (Lipinski definition) is 3. The van der Waals surface area contributed by atoms with Crippen LogP contribution in [-0.2, 0) is 16.1 Å². The van der Waals surface area contributed by atoms with Crippen molar-refractivity contribution in [2.45, 2.75) is 32.9 Å². The monoisotopic (exact) mass is 263 g/mol. The topological polar surface area (TPSA) is 49.8 Å². The van der Waals surface area contributed by atoms with Gasteiger partial charge in [-0.3, -0.25) is 9.69 Å². The van der Waals surface area contributed by atoms with Crippen LogP contribution in [0.15, 0.2) is 18.2 Å². The van der Waals surface area contributed by atoms with E-state index >= 15 is 0 Å². The Morgan fingerprint density at radius 2 is 2.26 bits per heavy atom. The number of carbonyl (C=O) groups is 1. The first kappa shape index (κ1) is 14.0. The summed E-state index contributed by atoms with van der Waals surface area (Å²) >= 11 is 0. The molecule has 0 spiro atoms. The van der Waals surface area contributed by atoms with Crippen molar-refractivity contribution in [3.05, 3.63) is 34.9 Å². The molecule has 1 unspecified atom stereocenters. The van der Waals surface area contributed by atoms with E-state index in [1.807, 2.05) is 0 Å². The molecular weight excluding hydrogens is 242 g/mol. The van der Waals surface area contributed by atoms with Crippen LogP contribution in [0.3, 0.4) is 0 Å². The molecule has 1 aromatic rings. The Kier molecular flexibility index (Phi) is 4.56. The Hall–Kier alpha value is -1.39. The molecule has 0 bridgehead atoms. The van der Waals surface area contributed by atoms with E-state index in [4.69, 9.17) is 9.84 Å². The Labute approximate surface area is 114 Å². The van der Waals surface area contributed by atoms with E-state index in [9.17, 15) is 4.79 Å². The predicted molar refractivity (Wildman–Crippen MR) is 73.2 cm³/mol. The van der Waals surface area contributed by atoms with Crippen molar-refractivity contribution < 1.29 is 14.6 Å². The van der Waals surface area contributed by atoms with E-state index in [2.05, 4.69) is 36.9 Å². The number of benzene rings is 1. The van der Waals surface area contributed by atoms with Gasteiger partial charge in [0.25, 0.3) is 0 Å². The second-order valence-corrected chi connectivity index (χ2v) is 5.16. The van der Waals surface area contributed by atoms with E-state index in [1.165, 1.54) is 16.7 Å². The lowest BCUT2D eigenvalue weighted by molar-refractivity contribution is -0.140. The molecule has 104 valence electrons. The van der Waals surface area contributed by atoms with Crippen LogP contribution in [0.1, 0.15) is 23.1 Å². The molecule has 2 rings (SSSR count). The lowest BCUT2D eigenvalue weighted by Crippen LogP contribution is -2.46. The Balaban J connectivity index is 2.10. The van der Waals surface area contributed by atoms with Crippen LogP contribution in [-0.4, -0.2) is 41.8 Å². The van der Waals surface area contributed by atoms with Crippen LogP contribution in [0.4, 0.5) is 0 Å². The predicted octanol–water partition coefficient (Wildman–Crippen LogP) is 1.98. The third kappa shape index (κ3) is 3.55. The lowest BCUT2D eigenvalue weighted by atomic mass is 10.0. The number of aliphatic carboxylic acids is 1. The average Bonchev–Trinajstić information content (AvgIpc) is 2.36. The van der Waals surface area contributed by atoms with Crippen molar-refractivity contribution in [2.24, 2.45) is 0 Å². The number of aryl methyl sites for hydroxylation is 1. The summed E-state index contributed by atoms with van der Waals surface area (Å²) in [5.74, 6) is -0.763. The number of carboxylic acids is 1. The minimum atomic E-state index is -0.763. The standard InChI is InChI=1S/C15H21NO3/c1-11-4-3-5-13(12(11)2)9-16-6-7-19-10-14(16)8-15(17)18/h3-5,14H,6-10H2,1-2H3,(H,17,18). The van der Waals surface area contributed by atoms with E-state index in [1.54, 1.807) is 0 Å². The molecule has 0 saturated carbocycles.